The van der Waals surface area contributed by atoms with Crippen LogP contribution >= 0.6 is 0 Å². The molecule has 1 aliphatic heterocycles. The van der Waals surface area contributed by atoms with Crippen LogP contribution in [-0.4, -0.2) is 42.6 Å². The molecular formula is C17H30N4. The Morgan fingerprint density at radius 2 is 2.00 bits per heavy atom. The highest BCUT2D eigenvalue weighted by molar-refractivity contribution is 5.62. The summed E-state index contributed by atoms with van der Waals surface area (Å²) in [6.07, 6.45) is 7.18. The van der Waals surface area contributed by atoms with E-state index in [1.54, 1.807) is 0 Å². The molecule has 2 N–H and O–H groups in total. The van der Waals surface area contributed by atoms with Gasteiger partial charge in [0.05, 0.1) is 5.69 Å². The molecule has 0 spiro atoms. The fraction of sp³-hybridized carbons (Fsp3) is 0.706. The molecular weight excluding hydrogens is 260 g/mol. The van der Waals surface area contributed by atoms with E-state index < -0.39 is 0 Å². The van der Waals surface area contributed by atoms with Gasteiger partial charge in [-0.1, -0.05) is 33.1 Å². The zero-order chi connectivity index (χ0) is 15.1. The summed E-state index contributed by atoms with van der Waals surface area (Å²) in [5.74, 6) is 1.81. The van der Waals surface area contributed by atoms with Gasteiger partial charge >= 0.3 is 0 Å². The molecule has 4 heteroatoms. The van der Waals surface area contributed by atoms with E-state index in [9.17, 15) is 0 Å². The Morgan fingerprint density at radius 1 is 1.24 bits per heavy atom. The first-order valence-corrected chi connectivity index (χ1v) is 8.42. The summed E-state index contributed by atoms with van der Waals surface area (Å²) in [6.45, 7) is 10.2. The van der Waals surface area contributed by atoms with Gasteiger partial charge in [-0.15, -0.1) is 0 Å². The van der Waals surface area contributed by atoms with Crippen LogP contribution in [0.3, 0.4) is 0 Å². The number of anilines is 2. The van der Waals surface area contributed by atoms with Crippen molar-refractivity contribution < 1.29 is 0 Å². The van der Waals surface area contributed by atoms with Gasteiger partial charge in [0, 0.05) is 38.9 Å². The molecule has 0 amide bonds. The Balaban J connectivity index is 1.81. The SMILES string of the molecule is CCCCC(CC)CN1CCN(c2ncccc2N)CC1. The van der Waals surface area contributed by atoms with Crippen molar-refractivity contribution in [3.63, 3.8) is 0 Å². The summed E-state index contributed by atoms with van der Waals surface area (Å²) >= 11 is 0. The van der Waals surface area contributed by atoms with E-state index in [0.717, 1.165) is 43.6 Å². The number of unbranched alkanes of at least 4 members (excludes halogenated alkanes) is 1. The molecule has 1 saturated heterocycles. The number of hydrogen-bond donors (Lipinski definition) is 1. The smallest absolute Gasteiger partial charge is 0.151 e. The molecule has 0 aromatic carbocycles. The lowest BCUT2D eigenvalue weighted by molar-refractivity contribution is 0.208. The Morgan fingerprint density at radius 3 is 2.62 bits per heavy atom. The second-order valence-electron chi connectivity index (χ2n) is 6.12. The van der Waals surface area contributed by atoms with Gasteiger partial charge in [-0.3, -0.25) is 4.90 Å². The second kappa shape index (κ2) is 8.23. The summed E-state index contributed by atoms with van der Waals surface area (Å²) in [4.78, 5) is 9.36. The van der Waals surface area contributed by atoms with Gasteiger partial charge in [0.1, 0.15) is 0 Å². The average molecular weight is 290 g/mol. The summed E-state index contributed by atoms with van der Waals surface area (Å²) in [5, 5.41) is 0. The zero-order valence-corrected chi connectivity index (χ0v) is 13.6. The Labute approximate surface area is 129 Å². The quantitative estimate of drug-likeness (QED) is 0.838. The molecule has 1 unspecified atom stereocenters. The van der Waals surface area contributed by atoms with Crippen molar-refractivity contribution in [1.82, 2.24) is 9.88 Å². The predicted octanol–water partition coefficient (Wildman–Crippen LogP) is 3.00. The van der Waals surface area contributed by atoms with E-state index >= 15 is 0 Å². The van der Waals surface area contributed by atoms with Gasteiger partial charge in [0.25, 0.3) is 0 Å². The van der Waals surface area contributed by atoms with Crippen molar-refractivity contribution in [1.29, 1.82) is 0 Å². The highest BCUT2D eigenvalue weighted by Crippen LogP contribution is 2.21. The summed E-state index contributed by atoms with van der Waals surface area (Å²) in [7, 11) is 0. The van der Waals surface area contributed by atoms with Crippen molar-refractivity contribution >= 4 is 11.5 Å². The second-order valence-corrected chi connectivity index (χ2v) is 6.12. The van der Waals surface area contributed by atoms with Crippen LogP contribution in [0, 0.1) is 5.92 Å². The Hall–Kier alpha value is -1.29. The van der Waals surface area contributed by atoms with Crippen molar-refractivity contribution in [2.24, 2.45) is 5.92 Å². The molecule has 0 aliphatic carbocycles. The number of rotatable bonds is 7. The molecule has 0 radical (unpaired) electrons. The van der Waals surface area contributed by atoms with Crippen LogP contribution in [0.2, 0.25) is 0 Å². The molecule has 1 aliphatic rings. The van der Waals surface area contributed by atoms with Crippen molar-refractivity contribution in [2.75, 3.05) is 43.4 Å². The van der Waals surface area contributed by atoms with Crippen molar-refractivity contribution in [2.45, 2.75) is 39.5 Å². The molecule has 0 saturated carbocycles. The topological polar surface area (TPSA) is 45.4 Å². The van der Waals surface area contributed by atoms with E-state index in [1.165, 1.54) is 32.2 Å². The number of aromatic nitrogens is 1. The third kappa shape index (κ3) is 4.60. The molecule has 4 nitrogen and oxygen atoms in total. The molecule has 118 valence electrons. The molecule has 1 aromatic rings. The number of pyridine rings is 1. The first-order chi connectivity index (χ1) is 10.2. The third-order valence-electron chi connectivity index (χ3n) is 4.55. The van der Waals surface area contributed by atoms with Crippen molar-refractivity contribution in [3.05, 3.63) is 18.3 Å². The highest BCUT2D eigenvalue weighted by Gasteiger charge is 2.21. The monoisotopic (exact) mass is 290 g/mol. The molecule has 2 rings (SSSR count). The van der Waals surface area contributed by atoms with Gasteiger partial charge in [-0.25, -0.2) is 4.98 Å². The summed E-state index contributed by atoms with van der Waals surface area (Å²) in [6, 6.07) is 3.83. The van der Waals surface area contributed by atoms with Crippen LogP contribution in [0.15, 0.2) is 18.3 Å². The fourth-order valence-electron chi connectivity index (χ4n) is 3.10. The Bertz CT molecular complexity index is 413. The van der Waals surface area contributed by atoms with E-state index in [2.05, 4.69) is 28.6 Å². The molecule has 0 bridgehead atoms. The largest absolute Gasteiger partial charge is 0.396 e. The summed E-state index contributed by atoms with van der Waals surface area (Å²) in [5.41, 5.74) is 6.82. The van der Waals surface area contributed by atoms with Gasteiger partial charge < -0.3 is 10.6 Å². The molecule has 1 fully saturated rings. The minimum absolute atomic E-state index is 0.792. The van der Waals surface area contributed by atoms with E-state index in [-0.39, 0.29) is 0 Å². The lowest BCUT2D eigenvalue weighted by Crippen LogP contribution is -2.48. The molecule has 2 heterocycles. The number of piperazine rings is 1. The normalized spacial score (nSPS) is 17.9. The molecule has 1 aromatic heterocycles. The van der Waals surface area contributed by atoms with Gasteiger partial charge in [-0.05, 0) is 24.5 Å². The standard InChI is InChI=1S/C17H30N4/c1-3-5-7-15(4-2)14-20-10-12-21(13-11-20)17-16(18)8-6-9-19-17/h6,8-9,15H,3-5,7,10-14,18H2,1-2H3. The average Bonchev–Trinajstić information content (AvgIpc) is 2.52. The van der Waals surface area contributed by atoms with Crippen LogP contribution in [0.4, 0.5) is 11.5 Å². The van der Waals surface area contributed by atoms with Crippen LogP contribution in [0.25, 0.3) is 0 Å². The molecule has 1 atom stereocenters. The van der Waals surface area contributed by atoms with E-state index in [4.69, 9.17) is 5.73 Å². The maximum atomic E-state index is 6.03. The number of nitrogens with two attached hydrogens (primary N) is 1. The molecule has 21 heavy (non-hydrogen) atoms. The number of nitrogens with zero attached hydrogens (tertiary/aromatic N) is 3. The first-order valence-electron chi connectivity index (χ1n) is 8.42. The Kier molecular flexibility index (Phi) is 6.30. The number of hydrogen-bond acceptors (Lipinski definition) is 4. The van der Waals surface area contributed by atoms with Gasteiger partial charge in [0.15, 0.2) is 5.82 Å². The third-order valence-corrected chi connectivity index (χ3v) is 4.55. The van der Waals surface area contributed by atoms with Gasteiger partial charge in [0.2, 0.25) is 0 Å². The van der Waals surface area contributed by atoms with Crippen LogP contribution in [0.5, 0.6) is 0 Å². The van der Waals surface area contributed by atoms with Gasteiger partial charge in [-0.2, -0.15) is 0 Å². The highest BCUT2D eigenvalue weighted by atomic mass is 15.3. The first kappa shape index (κ1) is 16.1. The van der Waals surface area contributed by atoms with E-state index in [0.29, 0.717) is 0 Å². The lowest BCUT2D eigenvalue weighted by Gasteiger charge is -2.37. The minimum atomic E-state index is 0.792. The zero-order valence-electron chi connectivity index (χ0n) is 13.6. The van der Waals surface area contributed by atoms with E-state index in [1.807, 2.05) is 18.3 Å². The maximum Gasteiger partial charge on any atom is 0.151 e. The van der Waals surface area contributed by atoms with Crippen molar-refractivity contribution in [3.8, 4) is 0 Å². The van der Waals surface area contributed by atoms with Crippen LogP contribution in [0.1, 0.15) is 39.5 Å². The fourth-order valence-corrected chi connectivity index (χ4v) is 3.10. The number of nitrogen functional groups attached to an aromatic ring is 1. The predicted molar refractivity (Wildman–Crippen MR) is 90.6 cm³/mol. The maximum absolute atomic E-state index is 6.03. The lowest BCUT2D eigenvalue weighted by atomic mass is 9.98. The van der Waals surface area contributed by atoms with Crippen LogP contribution < -0.4 is 10.6 Å². The summed E-state index contributed by atoms with van der Waals surface area (Å²) < 4.78 is 0. The van der Waals surface area contributed by atoms with Crippen LogP contribution in [-0.2, 0) is 0 Å². The minimum Gasteiger partial charge on any atom is -0.396 e.